The van der Waals surface area contributed by atoms with E-state index < -0.39 is 0 Å². The number of furan rings is 1. The molecule has 0 radical (unpaired) electrons. The normalized spacial score (nSPS) is 10.5. The van der Waals surface area contributed by atoms with Crippen LogP contribution in [0, 0.1) is 18.3 Å². The van der Waals surface area contributed by atoms with E-state index >= 15 is 0 Å². The molecule has 0 aliphatic rings. The SMILES string of the molecule is Cc1ccc(CNC(=O)c2ccc(-n3ccnc3SCC(=O)Nc3cccc(C#N)c3)cc2)o1. The Labute approximate surface area is 200 Å². The van der Waals surface area contributed by atoms with Crippen molar-refractivity contribution in [2.75, 3.05) is 11.1 Å². The minimum absolute atomic E-state index is 0.153. The number of aromatic nitrogens is 2. The maximum atomic E-state index is 12.4. The zero-order chi connectivity index (χ0) is 23.9. The third-order valence-electron chi connectivity index (χ3n) is 4.84. The molecule has 2 aromatic carbocycles. The minimum Gasteiger partial charge on any atom is -0.465 e. The summed E-state index contributed by atoms with van der Waals surface area (Å²) in [5, 5.41) is 15.2. The summed E-state index contributed by atoms with van der Waals surface area (Å²) < 4.78 is 7.31. The molecule has 2 amide bonds. The second-order valence-corrected chi connectivity index (χ2v) is 8.29. The Kier molecular flexibility index (Phi) is 7.10. The number of anilines is 1. The first-order chi connectivity index (χ1) is 16.5. The first-order valence-corrected chi connectivity index (χ1v) is 11.4. The van der Waals surface area contributed by atoms with Gasteiger partial charge in [0, 0.05) is 29.3 Å². The number of thioether (sulfide) groups is 1. The van der Waals surface area contributed by atoms with Crippen molar-refractivity contribution in [3.8, 4) is 11.8 Å². The number of nitrogens with zero attached hydrogens (tertiary/aromatic N) is 3. The van der Waals surface area contributed by atoms with Crippen LogP contribution in [0.2, 0.25) is 0 Å². The summed E-state index contributed by atoms with van der Waals surface area (Å²) >= 11 is 1.29. The molecule has 0 aliphatic heterocycles. The highest BCUT2D eigenvalue weighted by molar-refractivity contribution is 7.99. The number of carbonyl (C=O) groups excluding carboxylic acids is 2. The maximum Gasteiger partial charge on any atom is 0.251 e. The molecule has 4 aromatic rings. The summed E-state index contributed by atoms with van der Waals surface area (Å²) in [5.41, 5.74) is 2.40. The van der Waals surface area contributed by atoms with Gasteiger partial charge in [-0.05, 0) is 61.5 Å². The Balaban J connectivity index is 1.34. The molecule has 0 spiro atoms. The van der Waals surface area contributed by atoms with Crippen LogP contribution in [0.4, 0.5) is 5.69 Å². The lowest BCUT2D eigenvalue weighted by molar-refractivity contribution is -0.113. The number of hydrogen-bond acceptors (Lipinski definition) is 6. The lowest BCUT2D eigenvalue weighted by atomic mass is 10.2. The summed E-state index contributed by atoms with van der Waals surface area (Å²) in [6.45, 7) is 2.17. The Bertz CT molecular complexity index is 1350. The van der Waals surface area contributed by atoms with Crippen molar-refractivity contribution >= 4 is 29.3 Å². The maximum absolute atomic E-state index is 12.4. The molecule has 0 aliphatic carbocycles. The third kappa shape index (κ3) is 5.74. The fourth-order valence-corrected chi connectivity index (χ4v) is 3.98. The van der Waals surface area contributed by atoms with Crippen molar-refractivity contribution in [3.05, 3.63) is 95.7 Å². The van der Waals surface area contributed by atoms with Gasteiger partial charge in [0.1, 0.15) is 11.5 Å². The Morgan fingerprint density at radius 3 is 2.71 bits per heavy atom. The van der Waals surface area contributed by atoms with Crippen LogP contribution < -0.4 is 10.6 Å². The largest absolute Gasteiger partial charge is 0.465 e. The van der Waals surface area contributed by atoms with Gasteiger partial charge in [0.2, 0.25) is 5.91 Å². The van der Waals surface area contributed by atoms with Gasteiger partial charge in [-0.3, -0.25) is 14.2 Å². The fourth-order valence-electron chi connectivity index (χ4n) is 3.21. The molecule has 0 unspecified atom stereocenters. The molecule has 0 saturated heterocycles. The zero-order valence-electron chi connectivity index (χ0n) is 18.3. The molecule has 2 N–H and O–H groups in total. The molecule has 2 aromatic heterocycles. The lowest BCUT2D eigenvalue weighted by Gasteiger charge is -2.09. The van der Waals surface area contributed by atoms with Gasteiger partial charge >= 0.3 is 0 Å². The fraction of sp³-hybridized carbons (Fsp3) is 0.120. The quantitative estimate of drug-likeness (QED) is 0.370. The number of benzene rings is 2. The second-order valence-electron chi connectivity index (χ2n) is 7.35. The summed E-state index contributed by atoms with van der Waals surface area (Å²) in [5.74, 6) is 1.25. The summed E-state index contributed by atoms with van der Waals surface area (Å²) in [4.78, 5) is 29.1. The van der Waals surface area contributed by atoms with Gasteiger partial charge < -0.3 is 15.1 Å². The number of rotatable bonds is 8. The van der Waals surface area contributed by atoms with Crippen LogP contribution >= 0.6 is 11.8 Å². The number of aryl methyl sites for hydroxylation is 1. The molecular weight excluding hydrogens is 450 g/mol. The van der Waals surface area contributed by atoms with Gasteiger partial charge in [0.25, 0.3) is 5.91 Å². The van der Waals surface area contributed by atoms with Gasteiger partial charge in [-0.2, -0.15) is 5.26 Å². The van der Waals surface area contributed by atoms with Crippen LogP contribution in [0.1, 0.15) is 27.4 Å². The Morgan fingerprint density at radius 2 is 1.97 bits per heavy atom. The average molecular weight is 472 g/mol. The molecular formula is C25H21N5O3S. The highest BCUT2D eigenvalue weighted by atomic mass is 32.2. The summed E-state index contributed by atoms with van der Waals surface area (Å²) in [7, 11) is 0. The predicted octanol–water partition coefficient (Wildman–Crippen LogP) is 4.31. The van der Waals surface area contributed by atoms with Gasteiger partial charge in [-0.25, -0.2) is 4.98 Å². The molecule has 0 atom stereocenters. The number of carbonyl (C=O) groups is 2. The van der Waals surface area contributed by atoms with E-state index in [4.69, 9.17) is 9.68 Å². The lowest BCUT2D eigenvalue weighted by Crippen LogP contribution is -2.22. The van der Waals surface area contributed by atoms with Crippen molar-refractivity contribution in [1.82, 2.24) is 14.9 Å². The summed E-state index contributed by atoms with van der Waals surface area (Å²) in [6, 6.07) is 19.6. The van der Waals surface area contributed by atoms with Crippen molar-refractivity contribution in [1.29, 1.82) is 5.26 Å². The third-order valence-corrected chi connectivity index (χ3v) is 5.81. The second kappa shape index (κ2) is 10.6. The molecule has 0 fully saturated rings. The van der Waals surface area contributed by atoms with Crippen LogP contribution in [-0.4, -0.2) is 27.1 Å². The van der Waals surface area contributed by atoms with Crippen LogP contribution in [0.25, 0.3) is 5.69 Å². The molecule has 2 heterocycles. The molecule has 170 valence electrons. The highest BCUT2D eigenvalue weighted by Crippen LogP contribution is 2.21. The van der Waals surface area contributed by atoms with Gasteiger partial charge in [-0.15, -0.1) is 0 Å². The Hall–Kier alpha value is -4.29. The highest BCUT2D eigenvalue weighted by Gasteiger charge is 2.11. The van der Waals surface area contributed by atoms with Crippen molar-refractivity contribution < 1.29 is 14.0 Å². The van der Waals surface area contributed by atoms with E-state index in [0.717, 1.165) is 11.4 Å². The predicted molar refractivity (Wildman–Crippen MR) is 129 cm³/mol. The number of nitrogens with one attached hydrogen (secondary N) is 2. The zero-order valence-corrected chi connectivity index (χ0v) is 19.1. The van der Waals surface area contributed by atoms with Crippen LogP contribution in [-0.2, 0) is 11.3 Å². The average Bonchev–Trinajstić information content (AvgIpc) is 3.50. The van der Waals surface area contributed by atoms with Crippen molar-refractivity contribution in [2.45, 2.75) is 18.6 Å². The molecule has 9 heteroatoms. The number of nitriles is 1. The monoisotopic (exact) mass is 471 g/mol. The summed E-state index contributed by atoms with van der Waals surface area (Å²) in [6.07, 6.45) is 3.45. The molecule has 0 saturated carbocycles. The van der Waals surface area contributed by atoms with Gasteiger partial charge in [0.05, 0.1) is 23.9 Å². The number of amides is 2. The molecule has 0 bridgehead atoms. The molecule has 4 rings (SSSR count). The topological polar surface area (TPSA) is 113 Å². The van der Waals surface area contributed by atoms with E-state index in [0.29, 0.717) is 34.3 Å². The van der Waals surface area contributed by atoms with Gasteiger partial charge in [-0.1, -0.05) is 17.8 Å². The van der Waals surface area contributed by atoms with Gasteiger partial charge in [0.15, 0.2) is 5.16 Å². The number of hydrogen-bond donors (Lipinski definition) is 2. The molecule has 8 nitrogen and oxygen atoms in total. The van der Waals surface area contributed by atoms with Crippen LogP contribution in [0.3, 0.4) is 0 Å². The first kappa shape index (κ1) is 22.9. The van der Waals surface area contributed by atoms with Crippen LogP contribution in [0.15, 0.2) is 82.6 Å². The van der Waals surface area contributed by atoms with E-state index in [1.165, 1.54) is 11.8 Å². The van der Waals surface area contributed by atoms with Crippen LogP contribution in [0.5, 0.6) is 0 Å². The van der Waals surface area contributed by atoms with E-state index in [1.807, 2.05) is 41.8 Å². The van der Waals surface area contributed by atoms with Crippen molar-refractivity contribution in [2.24, 2.45) is 0 Å². The standard InChI is InChI=1S/C25H21N5O3S/c1-17-5-10-22(33-17)15-28-24(32)19-6-8-21(9-7-19)30-12-11-27-25(30)34-16-23(31)29-20-4-2-3-18(13-20)14-26/h2-13H,15-16H2,1H3,(H,28,32)(H,29,31). The minimum atomic E-state index is -0.201. The van der Waals surface area contributed by atoms with E-state index in [9.17, 15) is 9.59 Å². The number of imidazole rings is 1. The van der Waals surface area contributed by atoms with E-state index in [2.05, 4.69) is 15.6 Å². The Morgan fingerprint density at radius 1 is 1.15 bits per heavy atom. The smallest absolute Gasteiger partial charge is 0.251 e. The van der Waals surface area contributed by atoms with E-state index in [-0.39, 0.29) is 17.6 Å². The van der Waals surface area contributed by atoms with E-state index in [1.54, 1.807) is 48.8 Å². The molecule has 34 heavy (non-hydrogen) atoms. The van der Waals surface area contributed by atoms with Crippen molar-refractivity contribution in [3.63, 3.8) is 0 Å². The first-order valence-electron chi connectivity index (χ1n) is 10.4.